The number of ketones is 1. The zero-order valence-electron chi connectivity index (χ0n) is 9.94. The molecule has 14 heavy (non-hydrogen) atoms. The number of Topliss-reactive ketones (excluding diaryl/α,β-unsaturated/α-hetero) is 1. The van der Waals surface area contributed by atoms with E-state index >= 15 is 0 Å². The molecule has 0 aromatic heterocycles. The van der Waals surface area contributed by atoms with E-state index in [2.05, 4.69) is 26.1 Å². The first-order chi connectivity index (χ1) is 6.40. The Labute approximate surface area is 87.5 Å². The Kier molecular flexibility index (Phi) is 3.36. The Hall–Kier alpha value is -0.370. The van der Waals surface area contributed by atoms with Gasteiger partial charge < -0.3 is 5.32 Å². The number of hydrogen-bond donors (Lipinski definition) is 1. The third-order valence-corrected chi connectivity index (χ3v) is 2.93. The molecule has 1 saturated carbocycles. The molecule has 2 nitrogen and oxygen atoms in total. The number of hydrogen-bond acceptors (Lipinski definition) is 2. The van der Waals surface area contributed by atoms with Crippen LogP contribution in [0.3, 0.4) is 0 Å². The van der Waals surface area contributed by atoms with Gasteiger partial charge in [-0.05, 0) is 33.6 Å². The average Bonchev–Trinajstić information content (AvgIpc) is 2.49. The monoisotopic (exact) mass is 197 g/mol. The maximum absolute atomic E-state index is 12.0. The minimum Gasteiger partial charge on any atom is -0.300 e. The van der Waals surface area contributed by atoms with Crippen molar-refractivity contribution in [3.63, 3.8) is 0 Å². The third-order valence-electron chi connectivity index (χ3n) is 2.93. The maximum Gasteiger partial charge on any atom is 0.152 e. The summed E-state index contributed by atoms with van der Waals surface area (Å²) in [6, 6.07) is 0. The van der Waals surface area contributed by atoms with Gasteiger partial charge in [-0.3, -0.25) is 4.79 Å². The van der Waals surface area contributed by atoms with Crippen LogP contribution in [0.2, 0.25) is 0 Å². The number of nitrogens with one attached hydrogen (secondary N) is 1. The van der Waals surface area contributed by atoms with E-state index in [9.17, 15) is 4.79 Å². The predicted molar refractivity (Wildman–Crippen MR) is 59.4 cm³/mol. The Morgan fingerprint density at radius 3 is 2.14 bits per heavy atom. The summed E-state index contributed by atoms with van der Waals surface area (Å²) in [5.74, 6) is 0.393. The SMILES string of the molecule is CCC(=O)C1(NC(C)(C)C)CCCC1. The van der Waals surface area contributed by atoms with Crippen molar-refractivity contribution in [2.45, 2.75) is 70.9 Å². The first-order valence-electron chi connectivity index (χ1n) is 5.72. The van der Waals surface area contributed by atoms with Crippen LogP contribution >= 0.6 is 0 Å². The lowest BCUT2D eigenvalue weighted by Crippen LogP contribution is -2.57. The summed E-state index contributed by atoms with van der Waals surface area (Å²) in [5, 5.41) is 3.53. The van der Waals surface area contributed by atoms with E-state index < -0.39 is 0 Å². The van der Waals surface area contributed by atoms with Gasteiger partial charge in [-0.25, -0.2) is 0 Å². The molecule has 0 bridgehead atoms. The molecule has 0 saturated heterocycles. The van der Waals surface area contributed by atoms with Gasteiger partial charge in [-0.2, -0.15) is 0 Å². The highest BCUT2D eigenvalue weighted by atomic mass is 16.1. The first-order valence-corrected chi connectivity index (χ1v) is 5.72. The molecule has 0 unspecified atom stereocenters. The number of carbonyl (C=O) groups is 1. The Morgan fingerprint density at radius 2 is 1.79 bits per heavy atom. The molecule has 2 heteroatoms. The van der Waals surface area contributed by atoms with E-state index in [1.54, 1.807) is 0 Å². The number of rotatable bonds is 3. The van der Waals surface area contributed by atoms with Gasteiger partial charge >= 0.3 is 0 Å². The normalized spacial score (nSPS) is 21.1. The molecule has 1 rings (SSSR count). The van der Waals surface area contributed by atoms with Crippen LogP contribution in [0.4, 0.5) is 0 Å². The van der Waals surface area contributed by atoms with Gasteiger partial charge in [-0.1, -0.05) is 19.8 Å². The summed E-state index contributed by atoms with van der Waals surface area (Å²) in [6.45, 7) is 8.37. The van der Waals surface area contributed by atoms with Gasteiger partial charge in [0.1, 0.15) is 0 Å². The lowest BCUT2D eigenvalue weighted by molar-refractivity contribution is -0.125. The summed E-state index contributed by atoms with van der Waals surface area (Å²) in [7, 11) is 0. The van der Waals surface area contributed by atoms with Crippen molar-refractivity contribution >= 4 is 5.78 Å². The van der Waals surface area contributed by atoms with Crippen LogP contribution in [-0.2, 0) is 4.79 Å². The first kappa shape index (κ1) is 11.7. The smallest absolute Gasteiger partial charge is 0.152 e. The molecule has 0 aromatic rings. The van der Waals surface area contributed by atoms with E-state index in [1.807, 2.05) is 6.92 Å². The van der Waals surface area contributed by atoms with Crippen LogP contribution in [0, 0.1) is 0 Å². The van der Waals surface area contributed by atoms with Crippen molar-refractivity contribution in [1.29, 1.82) is 0 Å². The van der Waals surface area contributed by atoms with Crippen molar-refractivity contribution in [3.05, 3.63) is 0 Å². The molecule has 1 aliphatic rings. The fourth-order valence-corrected chi connectivity index (χ4v) is 2.51. The molecule has 1 aliphatic carbocycles. The summed E-state index contributed by atoms with van der Waals surface area (Å²) < 4.78 is 0. The predicted octanol–water partition coefficient (Wildman–Crippen LogP) is 2.67. The third kappa shape index (κ3) is 2.57. The molecule has 0 spiro atoms. The molecule has 1 fully saturated rings. The van der Waals surface area contributed by atoms with E-state index in [0.717, 1.165) is 12.8 Å². The highest BCUT2D eigenvalue weighted by Crippen LogP contribution is 2.33. The summed E-state index contributed by atoms with van der Waals surface area (Å²) >= 11 is 0. The summed E-state index contributed by atoms with van der Waals surface area (Å²) in [6.07, 6.45) is 5.08. The highest BCUT2D eigenvalue weighted by molar-refractivity contribution is 5.88. The standard InChI is InChI=1S/C12H23NO/c1-5-10(14)12(8-6-7-9-12)13-11(2,3)4/h13H,5-9H2,1-4H3. The van der Waals surface area contributed by atoms with Crippen LogP contribution in [0.25, 0.3) is 0 Å². The van der Waals surface area contributed by atoms with E-state index in [4.69, 9.17) is 0 Å². The second-order valence-corrected chi connectivity index (χ2v) is 5.44. The summed E-state index contributed by atoms with van der Waals surface area (Å²) in [5.41, 5.74) is -0.165. The van der Waals surface area contributed by atoms with Crippen LogP contribution in [-0.4, -0.2) is 16.9 Å². The van der Waals surface area contributed by atoms with Gasteiger partial charge in [0.15, 0.2) is 5.78 Å². The summed E-state index contributed by atoms with van der Waals surface area (Å²) in [4.78, 5) is 12.0. The largest absolute Gasteiger partial charge is 0.300 e. The van der Waals surface area contributed by atoms with Crippen LogP contribution in [0.15, 0.2) is 0 Å². The molecule has 0 atom stereocenters. The zero-order chi connectivity index (χ0) is 10.8. The van der Waals surface area contributed by atoms with Gasteiger partial charge in [0.25, 0.3) is 0 Å². The minimum absolute atomic E-state index is 0.0369. The zero-order valence-corrected chi connectivity index (χ0v) is 9.94. The topological polar surface area (TPSA) is 29.1 Å². The fourth-order valence-electron chi connectivity index (χ4n) is 2.51. The van der Waals surface area contributed by atoms with Crippen LogP contribution in [0.5, 0.6) is 0 Å². The second-order valence-electron chi connectivity index (χ2n) is 5.44. The van der Waals surface area contributed by atoms with Crippen LogP contribution in [0.1, 0.15) is 59.8 Å². The average molecular weight is 197 g/mol. The minimum atomic E-state index is -0.201. The van der Waals surface area contributed by atoms with Crippen LogP contribution < -0.4 is 5.32 Å². The molecule has 0 heterocycles. The highest BCUT2D eigenvalue weighted by Gasteiger charge is 2.41. The van der Waals surface area contributed by atoms with Gasteiger partial charge in [0.05, 0.1) is 5.54 Å². The van der Waals surface area contributed by atoms with E-state index in [-0.39, 0.29) is 11.1 Å². The van der Waals surface area contributed by atoms with Gasteiger partial charge in [0.2, 0.25) is 0 Å². The van der Waals surface area contributed by atoms with E-state index in [1.165, 1.54) is 12.8 Å². The Morgan fingerprint density at radius 1 is 1.29 bits per heavy atom. The van der Waals surface area contributed by atoms with Crippen molar-refractivity contribution in [2.24, 2.45) is 0 Å². The van der Waals surface area contributed by atoms with Crippen molar-refractivity contribution in [2.75, 3.05) is 0 Å². The number of carbonyl (C=O) groups excluding carboxylic acids is 1. The maximum atomic E-state index is 12.0. The van der Waals surface area contributed by atoms with Crippen molar-refractivity contribution < 1.29 is 4.79 Å². The Balaban J connectivity index is 2.77. The molecule has 0 radical (unpaired) electrons. The van der Waals surface area contributed by atoms with E-state index in [0.29, 0.717) is 12.2 Å². The molecule has 82 valence electrons. The van der Waals surface area contributed by atoms with Crippen molar-refractivity contribution in [1.82, 2.24) is 5.32 Å². The molecule has 0 aromatic carbocycles. The molecule has 1 N–H and O–H groups in total. The van der Waals surface area contributed by atoms with Gasteiger partial charge in [0, 0.05) is 12.0 Å². The lowest BCUT2D eigenvalue weighted by Gasteiger charge is -2.36. The molecular formula is C12H23NO. The van der Waals surface area contributed by atoms with Gasteiger partial charge in [-0.15, -0.1) is 0 Å². The van der Waals surface area contributed by atoms with Crippen molar-refractivity contribution in [3.8, 4) is 0 Å². The Bertz CT molecular complexity index is 209. The lowest BCUT2D eigenvalue weighted by atomic mass is 9.87. The molecule has 0 amide bonds. The molecule has 0 aliphatic heterocycles. The fraction of sp³-hybridized carbons (Fsp3) is 0.917. The molecular weight excluding hydrogens is 174 g/mol. The quantitative estimate of drug-likeness (QED) is 0.753. The second kappa shape index (κ2) is 4.01.